The summed E-state index contributed by atoms with van der Waals surface area (Å²) in [6, 6.07) is 21.9. The lowest BCUT2D eigenvalue weighted by molar-refractivity contribution is 0.0718. The maximum absolute atomic E-state index is 13.5. The number of benzene rings is 2. The first kappa shape index (κ1) is 21.9. The van der Waals surface area contributed by atoms with Gasteiger partial charge in [-0.1, -0.05) is 48.5 Å². The molecule has 5 heteroatoms. The van der Waals surface area contributed by atoms with E-state index in [-0.39, 0.29) is 17.9 Å². The molecule has 0 spiro atoms. The van der Waals surface area contributed by atoms with E-state index in [4.69, 9.17) is 0 Å². The zero-order chi connectivity index (χ0) is 22.7. The van der Waals surface area contributed by atoms with Crippen LogP contribution < -0.4 is 0 Å². The van der Waals surface area contributed by atoms with Crippen LogP contribution in [-0.2, 0) is 0 Å². The van der Waals surface area contributed by atoms with Gasteiger partial charge in [0.1, 0.15) is 0 Å². The van der Waals surface area contributed by atoms with Gasteiger partial charge in [-0.25, -0.2) is 0 Å². The van der Waals surface area contributed by atoms with Crippen molar-refractivity contribution < 1.29 is 9.59 Å². The normalized spacial score (nSPS) is 15.3. The molecule has 5 nitrogen and oxygen atoms in total. The van der Waals surface area contributed by atoms with Gasteiger partial charge < -0.3 is 14.4 Å². The number of aromatic nitrogens is 1. The standard InChI is InChI=1S/C27H31N3O2/c1-20-19-25(22(3)30(20)21(2)23-11-6-4-7-12-23)27(32)29-16-10-15-28(17-18-29)26(31)24-13-8-5-9-14-24/h4-9,11-14,19,21H,10,15-18H2,1-3H3. The van der Waals surface area contributed by atoms with Gasteiger partial charge in [0.25, 0.3) is 11.8 Å². The van der Waals surface area contributed by atoms with Crippen LogP contribution in [0.3, 0.4) is 0 Å². The number of aryl methyl sites for hydroxylation is 1. The first-order chi connectivity index (χ1) is 15.5. The number of rotatable bonds is 4. The van der Waals surface area contributed by atoms with Crippen molar-refractivity contribution in [1.82, 2.24) is 14.4 Å². The van der Waals surface area contributed by atoms with Gasteiger partial charge in [0.2, 0.25) is 0 Å². The molecule has 3 aromatic rings. The molecule has 2 amide bonds. The van der Waals surface area contributed by atoms with E-state index in [1.165, 1.54) is 5.56 Å². The minimum absolute atomic E-state index is 0.0368. The Bertz CT molecular complexity index is 1090. The van der Waals surface area contributed by atoms with Crippen LogP contribution in [0.4, 0.5) is 0 Å². The fourth-order valence-electron chi connectivity index (χ4n) is 4.73. The van der Waals surface area contributed by atoms with E-state index >= 15 is 0 Å². The lowest BCUT2D eigenvalue weighted by Crippen LogP contribution is -2.37. The van der Waals surface area contributed by atoms with E-state index in [9.17, 15) is 9.59 Å². The van der Waals surface area contributed by atoms with Gasteiger partial charge in [0.15, 0.2) is 0 Å². The molecule has 0 N–H and O–H groups in total. The van der Waals surface area contributed by atoms with Crippen molar-refractivity contribution in [1.29, 1.82) is 0 Å². The molecule has 0 aliphatic carbocycles. The molecule has 1 aromatic heterocycles. The summed E-state index contributed by atoms with van der Waals surface area (Å²) >= 11 is 0. The highest BCUT2D eigenvalue weighted by molar-refractivity contribution is 5.96. The van der Waals surface area contributed by atoms with Gasteiger partial charge >= 0.3 is 0 Å². The van der Waals surface area contributed by atoms with Crippen LogP contribution in [0.1, 0.15) is 57.1 Å². The van der Waals surface area contributed by atoms with E-state index in [1.54, 1.807) is 0 Å². The predicted molar refractivity (Wildman–Crippen MR) is 127 cm³/mol. The van der Waals surface area contributed by atoms with Crippen molar-refractivity contribution in [2.24, 2.45) is 0 Å². The quantitative estimate of drug-likeness (QED) is 0.603. The fraction of sp³-hybridized carbons (Fsp3) is 0.333. The summed E-state index contributed by atoms with van der Waals surface area (Å²) in [6.45, 7) is 8.70. The Hall–Kier alpha value is -3.34. The Labute approximate surface area is 190 Å². The number of carbonyl (C=O) groups is 2. The van der Waals surface area contributed by atoms with Crippen molar-refractivity contribution in [2.45, 2.75) is 33.2 Å². The summed E-state index contributed by atoms with van der Waals surface area (Å²) in [5.74, 6) is 0.0911. The van der Waals surface area contributed by atoms with Crippen molar-refractivity contribution >= 4 is 11.8 Å². The SMILES string of the molecule is Cc1cc(C(=O)N2CCCN(C(=O)c3ccccc3)CC2)c(C)n1C(C)c1ccccc1. The Morgan fingerprint density at radius 3 is 1.97 bits per heavy atom. The van der Waals surface area contributed by atoms with Crippen molar-refractivity contribution in [3.05, 3.63) is 94.8 Å². The highest BCUT2D eigenvalue weighted by Crippen LogP contribution is 2.26. The summed E-state index contributed by atoms with van der Waals surface area (Å²) < 4.78 is 2.24. The lowest BCUT2D eigenvalue weighted by Gasteiger charge is -2.23. The molecule has 1 saturated heterocycles. The molecular formula is C27H31N3O2. The van der Waals surface area contributed by atoms with E-state index in [0.717, 1.165) is 23.4 Å². The number of nitrogens with zero attached hydrogens (tertiary/aromatic N) is 3. The molecule has 1 aliphatic heterocycles. The molecule has 2 heterocycles. The number of hydrogen-bond donors (Lipinski definition) is 0. The summed E-state index contributed by atoms with van der Waals surface area (Å²) in [6.07, 6.45) is 0.781. The molecule has 166 valence electrons. The molecule has 1 unspecified atom stereocenters. The predicted octanol–water partition coefficient (Wildman–Crippen LogP) is 4.70. The minimum atomic E-state index is 0.0368. The van der Waals surface area contributed by atoms with Crippen molar-refractivity contribution in [3.8, 4) is 0 Å². The summed E-state index contributed by atoms with van der Waals surface area (Å²) in [4.78, 5) is 30.0. The third kappa shape index (κ3) is 4.33. The Morgan fingerprint density at radius 1 is 0.781 bits per heavy atom. The van der Waals surface area contributed by atoms with Crippen LogP contribution in [0.15, 0.2) is 66.7 Å². The Kier molecular flexibility index (Phi) is 6.45. The van der Waals surface area contributed by atoms with Crippen LogP contribution in [0.5, 0.6) is 0 Å². The molecule has 1 atom stereocenters. The largest absolute Gasteiger partial charge is 0.341 e. The van der Waals surface area contributed by atoms with Gasteiger partial charge in [-0.2, -0.15) is 0 Å². The molecular weight excluding hydrogens is 398 g/mol. The third-order valence-electron chi connectivity index (χ3n) is 6.48. The number of carbonyl (C=O) groups excluding carboxylic acids is 2. The highest BCUT2D eigenvalue weighted by atomic mass is 16.2. The zero-order valence-electron chi connectivity index (χ0n) is 19.1. The van der Waals surface area contributed by atoms with E-state index in [1.807, 2.05) is 71.3 Å². The number of amides is 2. The van der Waals surface area contributed by atoms with E-state index in [2.05, 4.69) is 30.5 Å². The van der Waals surface area contributed by atoms with Crippen molar-refractivity contribution in [3.63, 3.8) is 0 Å². The van der Waals surface area contributed by atoms with Crippen LogP contribution in [0.2, 0.25) is 0 Å². The van der Waals surface area contributed by atoms with Crippen molar-refractivity contribution in [2.75, 3.05) is 26.2 Å². The Morgan fingerprint density at radius 2 is 1.34 bits per heavy atom. The molecule has 0 bridgehead atoms. The molecule has 0 saturated carbocycles. The topological polar surface area (TPSA) is 45.6 Å². The van der Waals surface area contributed by atoms with Gasteiger partial charge in [0.05, 0.1) is 11.6 Å². The second-order valence-corrected chi connectivity index (χ2v) is 8.55. The summed E-state index contributed by atoms with van der Waals surface area (Å²) in [5, 5.41) is 0. The summed E-state index contributed by atoms with van der Waals surface area (Å²) in [7, 11) is 0. The second kappa shape index (κ2) is 9.43. The van der Waals surface area contributed by atoms with Crippen LogP contribution in [-0.4, -0.2) is 52.4 Å². The minimum Gasteiger partial charge on any atom is -0.341 e. The van der Waals surface area contributed by atoms with Gasteiger partial charge in [-0.05, 0) is 51.0 Å². The molecule has 0 radical (unpaired) electrons. The van der Waals surface area contributed by atoms with Gasteiger partial charge in [-0.15, -0.1) is 0 Å². The molecule has 4 rings (SSSR count). The first-order valence-electron chi connectivity index (χ1n) is 11.3. The monoisotopic (exact) mass is 429 g/mol. The van der Waals surface area contributed by atoms with Gasteiger partial charge in [0, 0.05) is 43.1 Å². The molecule has 2 aromatic carbocycles. The molecule has 32 heavy (non-hydrogen) atoms. The zero-order valence-corrected chi connectivity index (χ0v) is 19.1. The average Bonchev–Trinajstić information content (AvgIpc) is 2.98. The Balaban J connectivity index is 1.50. The first-order valence-corrected chi connectivity index (χ1v) is 11.3. The maximum atomic E-state index is 13.5. The lowest BCUT2D eigenvalue weighted by atomic mass is 10.1. The average molecular weight is 430 g/mol. The number of hydrogen-bond acceptors (Lipinski definition) is 2. The maximum Gasteiger partial charge on any atom is 0.255 e. The fourth-order valence-corrected chi connectivity index (χ4v) is 4.73. The molecule has 1 fully saturated rings. The van der Waals surface area contributed by atoms with E-state index < -0.39 is 0 Å². The van der Waals surface area contributed by atoms with Crippen LogP contribution in [0.25, 0.3) is 0 Å². The summed E-state index contributed by atoms with van der Waals surface area (Å²) in [5.41, 5.74) is 4.75. The van der Waals surface area contributed by atoms with E-state index in [0.29, 0.717) is 31.7 Å². The van der Waals surface area contributed by atoms with Gasteiger partial charge in [-0.3, -0.25) is 9.59 Å². The van der Waals surface area contributed by atoms with Crippen LogP contribution in [0, 0.1) is 13.8 Å². The van der Waals surface area contributed by atoms with Crippen LogP contribution >= 0.6 is 0 Å². The second-order valence-electron chi connectivity index (χ2n) is 8.55. The molecule has 1 aliphatic rings. The highest BCUT2D eigenvalue weighted by Gasteiger charge is 2.26. The third-order valence-corrected chi connectivity index (χ3v) is 6.48. The smallest absolute Gasteiger partial charge is 0.255 e.